The number of hydrogen-bond donors (Lipinski definition) is 3. The number of amides is 3. The van der Waals surface area contributed by atoms with Crippen LogP contribution < -0.4 is 11.1 Å². The fourth-order valence-corrected chi connectivity index (χ4v) is 2.27. The quantitative estimate of drug-likeness (QED) is 0.661. The molecule has 0 radical (unpaired) electrons. The van der Waals surface area contributed by atoms with Gasteiger partial charge in [-0.05, 0) is 19.3 Å². The number of unbranched alkanes of at least 4 members (excludes halogenated alkanes) is 1. The first-order chi connectivity index (χ1) is 9.45. The molecule has 0 aromatic carbocycles. The Hall–Kier alpha value is -1.79. The van der Waals surface area contributed by atoms with Gasteiger partial charge in [0.1, 0.15) is 6.04 Å². The normalized spacial score (nSPS) is 17.6. The predicted molar refractivity (Wildman–Crippen MR) is 73.0 cm³/mol. The van der Waals surface area contributed by atoms with Crippen molar-refractivity contribution in [2.75, 3.05) is 13.1 Å². The van der Waals surface area contributed by atoms with E-state index < -0.39 is 12.0 Å². The van der Waals surface area contributed by atoms with Crippen LogP contribution in [0.4, 0.5) is 4.79 Å². The molecule has 1 aliphatic heterocycles. The summed E-state index contributed by atoms with van der Waals surface area (Å²) in [5.41, 5.74) is 5.23. The monoisotopic (exact) mass is 285 g/mol. The van der Waals surface area contributed by atoms with Crippen molar-refractivity contribution in [1.29, 1.82) is 0 Å². The summed E-state index contributed by atoms with van der Waals surface area (Å²) in [6.07, 6.45) is 3.13. The molecule has 0 spiro atoms. The summed E-state index contributed by atoms with van der Waals surface area (Å²) < 4.78 is 0. The summed E-state index contributed by atoms with van der Waals surface area (Å²) >= 11 is 0. The van der Waals surface area contributed by atoms with E-state index in [9.17, 15) is 14.4 Å². The molecule has 20 heavy (non-hydrogen) atoms. The van der Waals surface area contributed by atoms with Gasteiger partial charge in [0.15, 0.2) is 0 Å². The van der Waals surface area contributed by atoms with Crippen molar-refractivity contribution in [3.63, 3.8) is 0 Å². The highest BCUT2D eigenvalue weighted by Crippen LogP contribution is 2.16. The minimum absolute atomic E-state index is 0.186. The highest BCUT2D eigenvalue weighted by atomic mass is 16.4. The number of nitrogens with two attached hydrogens (primary N) is 1. The Morgan fingerprint density at radius 2 is 1.95 bits per heavy atom. The summed E-state index contributed by atoms with van der Waals surface area (Å²) in [6, 6.07) is -1.23. The maximum Gasteiger partial charge on any atom is 0.326 e. The molecule has 0 saturated carbocycles. The van der Waals surface area contributed by atoms with Gasteiger partial charge in [0.25, 0.3) is 0 Å². The molecule has 1 rings (SSSR count). The third-order valence-corrected chi connectivity index (χ3v) is 3.63. The summed E-state index contributed by atoms with van der Waals surface area (Å²) in [6.45, 7) is 2.83. The zero-order valence-corrected chi connectivity index (χ0v) is 11.8. The van der Waals surface area contributed by atoms with Gasteiger partial charge in [0.2, 0.25) is 5.91 Å². The molecule has 7 heteroatoms. The Morgan fingerprint density at radius 1 is 1.35 bits per heavy atom. The van der Waals surface area contributed by atoms with Crippen LogP contribution in [-0.2, 0) is 9.59 Å². The predicted octanol–water partition coefficient (Wildman–Crippen LogP) is 0.537. The Labute approximate surface area is 118 Å². The van der Waals surface area contributed by atoms with Gasteiger partial charge in [0.05, 0.1) is 0 Å². The second kappa shape index (κ2) is 7.72. The highest BCUT2D eigenvalue weighted by molar-refractivity contribution is 5.83. The Morgan fingerprint density at radius 3 is 2.40 bits per heavy atom. The molecule has 0 aromatic heterocycles. The second-order valence-corrected chi connectivity index (χ2v) is 5.15. The molecular formula is C13H23N3O4. The fourth-order valence-electron chi connectivity index (χ4n) is 2.27. The molecule has 3 amide bonds. The van der Waals surface area contributed by atoms with E-state index in [-0.39, 0.29) is 17.9 Å². The molecule has 1 atom stereocenters. The van der Waals surface area contributed by atoms with E-state index >= 15 is 0 Å². The standard InChI is InChI=1S/C13H23N3O4/c1-2-3-4-10(12(18)19)15-13(20)16-7-5-9(6-8-16)11(14)17/h9-10H,2-8H2,1H3,(H2,14,17)(H,15,20)(H,18,19)/t10-/m0/s1. The van der Waals surface area contributed by atoms with Gasteiger partial charge in [-0.3, -0.25) is 4.79 Å². The number of carbonyl (C=O) groups excluding carboxylic acids is 2. The van der Waals surface area contributed by atoms with Crippen molar-refractivity contribution in [1.82, 2.24) is 10.2 Å². The first-order valence-corrected chi connectivity index (χ1v) is 7.03. The number of carboxylic acids is 1. The molecule has 1 saturated heterocycles. The topological polar surface area (TPSA) is 113 Å². The van der Waals surface area contributed by atoms with Gasteiger partial charge in [-0.15, -0.1) is 0 Å². The second-order valence-electron chi connectivity index (χ2n) is 5.15. The average molecular weight is 285 g/mol. The summed E-state index contributed by atoms with van der Waals surface area (Å²) in [4.78, 5) is 35.6. The van der Waals surface area contributed by atoms with Crippen LogP contribution in [0.3, 0.4) is 0 Å². The molecule has 1 fully saturated rings. The van der Waals surface area contributed by atoms with Crippen LogP contribution in [0.2, 0.25) is 0 Å². The summed E-state index contributed by atoms with van der Waals surface area (Å²) in [5, 5.41) is 11.6. The van der Waals surface area contributed by atoms with E-state index in [1.54, 1.807) is 4.90 Å². The molecule has 0 unspecified atom stereocenters. The summed E-state index contributed by atoms with van der Waals surface area (Å²) in [7, 11) is 0. The van der Waals surface area contributed by atoms with E-state index in [4.69, 9.17) is 10.8 Å². The number of primary amides is 1. The third-order valence-electron chi connectivity index (χ3n) is 3.63. The molecule has 0 aromatic rings. The lowest BCUT2D eigenvalue weighted by Gasteiger charge is -2.31. The number of piperidine rings is 1. The van der Waals surface area contributed by atoms with E-state index in [2.05, 4.69) is 5.32 Å². The Balaban J connectivity index is 2.45. The van der Waals surface area contributed by atoms with Gasteiger partial charge >= 0.3 is 12.0 Å². The van der Waals surface area contributed by atoms with Gasteiger partial charge < -0.3 is 21.1 Å². The van der Waals surface area contributed by atoms with Crippen molar-refractivity contribution in [3.8, 4) is 0 Å². The van der Waals surface area contributed by atoms with Crippen LogP contribution in [0.1, 0.15) is 39.0 Å². The number of hydrogen-bond acceptors (Lipinski definition) is 3. The van der Waals surface area contributed by atoms with Crippen LogP contribution in [0, 0.1) is 5.92 Å². The van der Waals surface area contributed by atoms with Crippen molar-refractivity contribution >= 4 is 17.9 Å². The van der Waals surface area contributed by atoms with Crippen LogP contribution >= 0.6 is 0 Å². The number of aliphatic carboxylic acids is 1. The van der Waals surface area contributed by atoms with E-state index in [1.165, 1.54) is 0 Å². The van der Waals surface area contributed by atoms with Gasteiger partial charge in [-0.1, -0.05) is 19.8 Å². The maximum atomic E-state index is 12.0. The Bertz CT molecular complexity index is 365. The number of carboxylic acid groups (broad SMARTS) is 1. The fraction of sp³-hybridized carbons (Fsp3) is 0.769. The van der Waals surface area contributed by atoms with Crippen LogP contribution in [0.25, 0.3) is 0 Å². The van der Waals surface area contributed by atoms with E-state index in [0.29, 0.717) is 32.4 Å². The summed E-state index contributed by atoms with van der Waals surface area (Å²) in [5.74, 6) is -1.54. The molecule has 114 valence electrons. The molecule has 1 heterocycles. The van der Waals surface area contributed by atoms with Crippen molar-refractivity contribution in [3.05, 3.63) is 0 Å². The van der Waals surface area contributed by atoms with Gasteiger partial charge in [0, 0.05) is 19.0 Å². The van der Waals surface area contributed by atoms with Crippen LogP contribution in [0.15, 0.2) is 0 Å². The minimum atomic E-state index is -1.01. The Kier molecular flexibility index (Phi) is 6.27. The molecular weight excluding hydrogens is 262 g/mol. The largest absolute Gasteiger partial charge is 0.480 e. The first-order valence-electron chi connectivity index (χ1n) is 7.03. The number of rotatable bonds is 6. The molecule has 7 nitrogen and oxygen atoms in total. The van der Waals surface area contributed by atoms with Crippen LogP contribution in [0.5, 0.6) is 0 Å². The van der Waals surface area contributed by atoms with Crippen molar-refractivity contribution < 1.29 is 19.5 Å². The van der Waals surface area contributed by atoms with Gasteiger partial charge in [-0.25, -0.2) is 9.59 Å². The van der Waals surface area contributed by atoms with Crippen molar-refractivity contribution in [2.24, 2.45) is 11.7 Å². The highest BCUT2D eigenvalue weighted by Gasteiger charge is 2.28. The zero-order valence-electron chi connectivity index (χ0n) is 11.8. The molecule has 0 bridgehead atoms. The van der Waals surface area contributed by atoms with E-state index in [1.807, 2.05) is 6.92 Å². The lowest BCUT2D eigenvalue weighted by Crippen LogP contribution is -2.51. The number of nitrogens with zero attached hydrogens (tertiary/aromatic N) is 1. The maximum absolute atomic E-state index is 12.0. The number of urea groups is 1. The van der Waals surface area contributed by atoms with Crippen molar-refractivity contribution in [2.45, 2.75) is 45.1 Å². The third kappa shape index (κ3) is 4.71. The first kappa shape index (κ1) is 16.3. The number of likely N-dealkylation sites (tertiary alicyclic amines) is 1. The number of nitrogens with one attached hydrogen (secondary N) is 1. The minimum Gasteiger partial charge on any atom is -0.480 e. The lowest BCUT2D eigenvalue weighted by molar-refractivity contribution is -0.139. The van der Waals surface area contributed by atoms with Gasteiger partial charge in [-0.2, -0.15) is 0 Å². The van der Waals surface area contributed by atoms with E-state index in [0.717, 1.165) is 12.8 Å². The molecule has 0 aliphatic carbocycles. The smallest absolute Gasteiger partial charge is 0.326 e. The zero-order chi connectivity index (χ0) is 15.1. The SMILES string of the molecule is CCCC[C@H](NC(=O)N1CCC(C(N)=O)CC1)C(=O)O. The average Bonchev–Trinajstić information content (AvgIpc) is 2.42. The lowest BCUT2D eigenvalue weighted by atomic mass is 9.96. The molecule has 1 aliphatic rings. The number of carbonyl (C=O) groups is 3. The molecule has 4 N–H and O–H groups in total. The van der Waals surface area contributed by atoms with Crippen LogP contribution in [-0.4, -0.2) is 47.0 Å².